The second kappa shape index (κ2) is 6.04. The van der Waals surface area contributed by atoms with E-state index in [1.807, 2.05) is 30.3 Å². The summed E-state index contributed by atoms with van der Waals surface area (Å²) in [6, 6.07) is 9.32. The lowest BCUT2D eigenvalue weighted by Gasteiger charge is -2.12. The number of cyclic esters (lactones) is 1. The van der Waals surface area contributed by atoms with Crippen LogP contribution in [-0.2, 0) is 9.53 Å². The molecule has 0 spiro atoms. The minimum Gasteiger partial charge on any atom is -0.442 e. The lowest BCUT2D eigenvalue weighted by atomic mass is 10.2. The van der Waals surface area contributed by atoms with Crippen molar-refractivity contribution in [2.45, 2.75) is 13.0 Å². The molecule has 0 aromatic heterocycles. The van der Waals surface area contributed by atoms with E-state index < -0.39 is 0 Å². The summed E-state index contributed by atoms with van der Waals surface area (Å²) in [6.07, 6.45) is 2.40. The molecular formula is C14H16N2O3. The van der Waals surface area contributed by atoms with Crippen molar-refractivity contribution in [1.29, 1.82) is 0 Å². The third-order valence-corrected chi connectivity index (χ3v) is 2.76. The van der Waals surface area contributed by atoms with Gasteiger partial charge in [-0.3, -0.25) is 9.69 Å². The van der Waals surface area contributed by atoms with Crippen molar-refractivity contribution in [2.75, 3.05) is 18.0 Å². The molecule has 0 bridgehead atoms. The van der Waals surface area contributed by atoms with Gasteiger partial charge in [0, 0.05) is 5.69 Å². The zero-order valence-electron chi connectivity index (χ0n) is 10.7. The highest BCUT2D eigenvalue weighted by Crippen LogP contribution is 2.20. The van der Waals surface area contributed by atoms with E-state index in [9.17, 15) is 9.59 Å². The van der Waals surface area contributed by atoms with Gasteiger partial charge in [0.2, 0.25) is 5.91 Å². The number of carbonyl (C=O) groups is 2. The van der Waals surface area contributed by atoms with Crippen LogP contribution in [0.5, 0.6) is 0 Å². The molecule has 19 heavy (non-hydrogen) atoms. The van der Waals surface area contributed by atoms with Crippen LogP contribution in [0, 0.1) is 0 Å². The van der Waals surface area contributed by atoms with Crippen LogP contribution >= 0.6 is 0 Å². The second-order valence-corrected chi connectivity index (χ2v) is 4.20. The largest absolute Gasteiger partial charge is 0.442 e. The van der Waals surface area contributed by atoms with Crippen LogP contribution in [-0.4, -0.2) is 31.2 Å². The van der Waals surface area contributed by atoms with Gasteiger partial charge < -0.3 is 10.1 Å². The fraction of sp³-hybridized carbons (Fsp3) is 0.286. The lowest BCUT2D eigenvalue weighted by molar-refractivity contribution is -0.116. The molecule has 1 N–H and O–H groups in total. The van der Waals surface area contributed by atoms with Crippen molar-refractivity contribution in [2.24, 2.45) is 0 Å². The molecule has 2 rings (SSSR count). The Bertz CT molecular complexity index is 485. The molecule has 5 nitrogen and oxygen atoms in total. The molecule has 1 atom stereocenters. The van der Waals surface area contributed by atoms with E-state index in [4.69, 9.17) is 4.74 Å². The Hall–Kier alpha value is -2.30. The highest BCUT2D eigenvalue weighted by Gasteiger charge is 2.32. The summed E-state index contributed by atoms with van der Waals surface area (Å²) in [5, 5.41) is 2.69. The van der Waals surface area contributed by atoms with Crippen LogP contribution in [0.25, 0.3) is 0 Å². The van der Waals surface area contributed by atoms with Gasteiger partial charge >= 0.3 is 6.09 Å². The summed E-state index contributed by atoms with van der Waals surface area (Å²) in [6.45, 7) is 2.53. The van der Waals surface area contributed by atoms with Gasteiger partial charge in [0.05, 0.1) is 13.1 Å². The maximum atomic E-state index is 11.7. The summed E-state index contributed by atoms with van der Waals surface area (Å²) in [4.78, 5) is 24.6. The van der Waals surface area contributed by atoms with Gasteiger partial charge in [-0.1, -0.05) is 24.3 Å². The van der Waals surface area contributed by atoms with Gasteiger partial charge in [-0.2, -0.15) is 0 Å². The smallest absolute Gasteiger partial charge is 0.414 e. The molecule has 100 valence electrons. The standard InChI is InChI=1S/C14H16N2O3/c1-2-6-13(17)15-9-12-10-16(14(18)19-12)11-7-4-3-5-8-11/h2-8,12H,9-10H2,1H3,(H,15,17)/b6-2-/t12-/m0/s1. The van der Waals surface area contributed by atoms with Crippen molar-refractivity contribution in [3.63, 3.8) is 0 Å². The summed E-state index contributed by atoms with van der Waals surface area (Å²) in [5.41, 5.74) is 0.801. The van der Waals surface area contributed by atoms with E-state index in [1.54, 1.807) is 17.9 Å². The molecule has 1 saturated heterocycles. The molecule has 1 aliphatic rings. The lowest BCUT2D eigenvalue weighted by Crippen LogP contribution is -2.33. The minimum absolute atomic E-state index is 0.184. The van der Waals surface area contributed by atoms with E-state index in [0.29, 0.717) is 13.1 Å². The normalized spacial score (nSPS) is 18.7. The van der Waals surface area contributed by atoms with Crippen molar-refractivity contribution >= 4 is 17.7 Å². The van der Waals surface area contributed by atoms with E-state index >= 15 is 0 Å². The predicted molar refractivity (Wildman–Crippen MR) is 71.9 cm³/mol. The quantitative estimate of drug-likeness (QED) is 0.838. The van der Waals surface area contributed by atoms with Crippen molar-refractivity contribution < 1.29 is 14.3 Å². The van der Waals surface area contributed by atoms with Crippen molar-refractivity contribution in [3.05, 3.63) is 42.5 Å². The minimum atomic E-state index is -0.378. The molecule has 1 aromatic carbocycles. The molecule has 5 heteroatoms. The second-order valence-electron chi connectivity index (χ2n) is 4.20. The summed E-state index contributed by atoms with van der Waals surface area (Å²) in [7, 11) is 0. The summed E-state index contributed by atoms with van der Waals surface area (Å²) < 4.78 is 5.21. The highest BCUT2D eigenvalue weighted by atomic mass is 16.6. The van der Waals surface area contributed by atoms with Crippen LogP contribution < -0.4 is 10.2 Å². The number of rotatable bonds is 4. The fourth-order valence-electron chi connectivity index (χ4n) is 1.87. The molecule has 1 aromatic rings. The van der Waals surface area contributed by atoms with Crippen LogP contribution in [0.2, 0.25) is 0 Å². The van der Waals surface area contributed by atoms with E-state index in [-0.39, 0.29) is 18.1 Å². The Balaban J connectivity index is 1.91. The van der Waals surface area contributed by atoms with Gasteiger partial charge in [0.1, 0.15) is 6.10 Å². The molecule has 1 fully saturated rings. The van der Waals surface area contributed by atoms with Crippen molar-refractivity contribution in [1.82, 2.24) is 5.32 Å². The van der Waals surface area contributed by atoms with E-state index in [2.05, 4.69) is 5.32 Å². The van der Waals surface area contributed by atoms with Gasteiger partial charge in [0.15, 0.2) is 0 Å². The molecule has 0 saturated carbocycles. The molecule has 0 unspecified atom stereocenters. The third kappa shape index (κ3) is 3.34. The van der Waals surface area contributed by atoms with Crippen LogP contribution in [0.1, 0.15) is 6.92 Å². The summed E-state index contributed by atoms with van der Waals surface area (Å²) in [5.74, 6) is -0.184. The Labute approximate surface area is 111 Å². The molecule has 2 amide bonds. The zero-order chi connectivity index (χ0) is 13.7. The van der Waals surface area contributed by atoms with Crippen LogP contribution in [0.4, 0.5) is 10.5 Å². The number of carbonyl (C=O) groups excluding carboxylic acids is 2. The number of anilines is 1. The molecular weight excluding hydrogens is 244 g/mol. The number of allylic oxidation sites excluding steroid dienone is 1. The van der Waals surface area contributed by atoms with Crippen molar-refractivity contribution in [3.8, 4) is 0 Å². The molecule has 0 radical (unpaired) electrons. The van der Waals surface area contributed by atoms with Gasteiger partial charge in [0.25, 0.3) is 0 Å². The molecule has 1 aliphatic heterocycles. The zero-order valence-corrected chi connectivity index (χ0v) is 10.7. The van der Waals surface area contributed by atoms with Gasteiger partial charge in [-0.05, 0) is 25.1 Å². The number of ether oxygens (including phenoxy) is 1. The first kappa shape index (κ1) is 13.1. The molecule has 0 aliphatic carbocycles. The van der Waals surface area contributed by atoms with E-state index in [0.717, 1.165) is 5.69 Å². The Morgan fingerprint density at radius 2 is 2.21 bits per heavy atom. The first-order valence-corrected chi connectivity index (χ1v) is 6.14. The number of amides is 2. The van der Waals surface area contributed by atoms with Crippen LogP contribution in [0.15, 0.2) is 42.5 Å². The first-order valence-electron chi connectivity index (χ1n) is 6.14. The number of hydrogen-bond donors (Lipinski definition) is 1. The maximum Gasteiger partial charge on any atom is 0.414 e. The Morgan fingerprint density at radius 3 is 2.89 bits per heavy atom. The number of nitrogens with one attached hydrogen (secondary N) is 1. The average molecular weight is 260 g/mol. The number of para-hydroxylation sites is 1. The Morgan fingerprint density at radius 1 is 1.47 bits per heavy atom. The third-order valence-electron chi connectivity index (χ3n) is 2.76. The SMILES string of the molecule is C/C=C\C(=O)NC[C@H]1CN(c2ccccc2)C(=O)O1. The average Bonchev–Trinajstić information content (AvgIpc) is 2.79. The maximum absolute atomic E-state index is 11.7. The van der Waals surface area contributed by atoms with E-state index in [1.165, 1.54) is 6.08 Å². The van der Waals surface area contributed by atoms with Crippen LogP contribution in [0.3, 0.4) is 0 Å². The first-order chi connectivity index (χ1) is 9.20. The number of benzene rings is 1. The highest BCUT2D eigenvalue weighted by molar-refractivity contribution is 5.90. The Kier molecular flexibility index (Phi) is 4.18. The number of nitrogens with zero attached hydrogens (tertiary/aromatic N) is 1. The summed E-state index contributed by atoms with van der Waals surface area (Å²) >= 11 is 0. The predicted octanol–water partition coefficient (Wildman–Crippen LogP) is 1.70. The number of hydrogen-bond acceptors (Lipinski definition) is 3. The topological polar surface area (TPSA) is 58.6 Å². The van der Waals surface area contributed by atoms with Gasteiger partial charge in [-0.25, -0.2) is 4.79 Å². The fourth-order valence-corrected chi connectivity index (χ4v) is 1.87. The van der Waals surface area contributed by atoms with Gasteiger partial charge in [-0.15, -0.1) is 0 Å². The molecule has 1 heterocycles. The monoisotopic (exact) mass is 260 g/mol.